The number of β-amino-alcohol motifs (C(OH)–C–C–N with tert-alkyl or cyclic N) is 1. The van der Waals surface area contributed by atoms with E-state index in [2.05, 4.69) is 4.90 Å². The molecule has 0 atom stereocenters. The first kappa shape index (κ1) is 9.96. The van der Waals surface area contributed by atoms with Crippen molar-refractivity contribution in [2.24, 2.45) is 0 Å². The Balaban J connectivity index is 1.90. The fraction of sp³-hybridized carbons (Fsp3) is 1.00. The van der Waals surface area contributed by atoms with E-state index < -0.39 is 5.60 Å². The van der Waals surface area contributed by atoms with Crippen LogP contribution >= 0.6 is 0 Å². The summed E-state index contributed by atoms with van der Waals surface area (Å²) in [5.41, 5.74) is -0.434. The second kappa shape index (κ2) is 4.21. The van der Waals surface area contributed by atoms with Gasteiger partial charge >= 0.3 is 0 Å². The average Bonchev–Trinajstić information content (AvgIpc) is 1.94. The van der Waals surface area contributed by atoms with Gasteiger partial charge in [-0.05, 0) is 32.7 Å². The molecule has 2 N–H and O–H groups in total. The maximum Gasteiger partial charge on any atom is 0.0872 e. The molecule has 72 valence electrons. The van der Waals surface area contributed by atoms with Gasteiger partial charge in [-0.15, -0.1) is 0 Å². The standard InChI is InChI=1S/C9H19NO2/c1-9(12)7-10(8-9)5-3-2-4-6-11/h11-12H,2-8H2,1H3. The Kier molecular flexibility index (Phi) is 3.50. The molecular weight excluding hydrogens is 154 g/mol. The van der Waals surface area contributed by atoms with Gasteiger partial charge in [0.25, 0.3) is 0 Å². The summed E-state index contributed by atoms with van der Waals surface area (Å²) in [6.45, 7) is 4.86. The first-order chi connectivity index (χ1) is 5.64. The van der Waals surface area contributed by atoms with E-state index in [1.807, 2.05) is 6.92 Å². The van der Waals surface area contributed by atoms with Crippen LogP contribution in [0.15, 0.2) is 0 Å². The highest BCUT2D eigenvalue weighted by atomic mass is 16.3. The van der Waals surface area contributed by atoms with Crippen molar-refractivity contribution in [1.82, 2.24) is 4.90 Å². The van der Waals surface area contributed by atoms with Crippen molar-refractivity contribution in [1.29, 1.82) is 0 Å². The molecule has 12 heavy (non-hydrogen) atoms. The summed E-state index contributed by atoms with van der Waals surface area (Å²) >= 11 is 0. The number of aliphatic hydroxyl groups excluding tert-OH is 1. The van der Waals surface area contributed by atoms with Crippen molar-refractivity contribution >= 4 is 0 Å². The van der Waals surface area contributed by atoms with E-state index in [1.54, 1.807) is 0 Å². The van der Waals surface area contributed by atoms with Crippen LogP contribution in [0.25, 0.3) is 0 Å². The summed E-state index contributed by atoms with van der Waals surface area (Å²) < 4.78 is 0. The molecule has 0 aliphatic carbocycles. The number of nitrogens with zero attached hydrogens (tertiary/aromatic N) is 1. The molecule has 1 heterocycles. The second-order valence-corrected chi connectivity index (χ2v) is 3.99. The lowest BCUT2D eigenvalue weighted by Crippen LogP contribution is -2.59. The van der Waals surface area contributed by atoms with Crippen LogP contribution < -0.4 is 0 Å². The quantitative estimate of drug-likeness (QED) is 0.584. The van der Waals surface area contributed by atoms with Gasteiger partial charge in [-0.1, -0.05) is 0 Å². The van der Waals surface area contributed by atoms with Crippen LogP contribution in [0, 0.1) is 0 Å². The molecule has 3 heteroatoms. The maximum absolute atomic E-state index is 9.40. The first-order valence-electron chi connectivity index (χ1n) is 4.70. The molecule has 3 nitrogen and oxygen atoms in total. The molecule has 0 spiro atoms. The Bertz CT molecular complexity index is 128. The Morgan fingerprint density at radius 2 is 1.92 bits per heavy atom. The molecule has 0 aromatic carbocycles. The molecule has 1 saturated heterocycles. The van der Waals surface area contributed by atoms with Crippen molar-refractivity contribution in [2.45, 2.75) is 31.8 Å². The van der Waals surface area contributed by atoms with Gasteiger partial charge in [-0.25, -0.2) is 0 Å². The van der Waals surface area contributed by atoms with Crippen molar-refractivity contribution in [3.05, 3.63) is 0 Å². The summed E-state index contributed by atoms with van der Waals surface area (Å²) in [7, 11) is 0. The minimum atomic E-state index is -0.434. The number of hydrogen-bond donors (Lipinski definition) is 2. The molecule has 0 unspecified atom stereocenters. The topological polar surface area (TPSA) is 43.7 Å². The van der Waals surface area contributed by atoms with E-state index in [1.165, 1.54) is 0 Å². The minimum Gasteiger partial charge on any atom is -0.396 e. The SMILES string of the molecule is CC1(O)CN(CCCCCO)C1. The predicted octanol–water partition coefficient (Wildman–Crippen LogP) is 0.216. The van der Waals surface area contributed by atoms with Crippen LogP contribution in [0.4, 0.5) is 0 Å². The first-order valence-corrected chi connectivity index (χ1v) is 4.70. The van der Waals surface area contributed by atoms with Gasteiger partial charge in [-0.3, -0.25) is 4.90 Å². The van der Waals surface area contributed by atoms with Crippen LogP contribution in [0.2, 0.25) is 0 Å². The highest BCUT2D eigenvalue weighted by Crippen LogP contribution is 2.19. The predicted molar refractivity (Wildman–Crippen MR) is 48.0 cm³/mol. The third-order valence-corrected chi connectivity index (χ3v) is 2.26. The van der Waals surface area contributed by atoms with Crippen LogP contribution in [0.5, 0.6) is 0 Å². The van der Waals surface area contributed by atoms with Crippen molar-refractivity contribution in [3.8, 4) is 0 Å². The van der Waals surface area contributed by atoms with Gasteiger partial charge < -0.3 is 10.2 Å². The fourth-order valence-electron chi connectivity index (χ4n) is 1.70. The van der Waals surface area contributed by atoms with Gasteiger partial charge in [0.2, 0.25) is 0 Å². The molecule has 0 bridgehead atoms. The van der Waals surface area contributed by atoms with Crippen LogP contribution in [-0.2, 0) is 0 Å². The summed E-state index contributed by atoms with van der Waals surface area (Å²) in [6.07, 6.45) is 3.13. The number of unbranched alkanes of at least 4 members (excludes halogenated alkanes) is 2. The number of aliphatic hydroxyl groups is 2. The molecule has 1 rings (SSSR count). The zero-order valence-corrected chi connectivity index (χ0v) is 7.79. The average molecular weight is 173 g/mol. The molecule has 1 aliphatic rings. The number of hydrogen-bond acceptors (Lipinski definition) is 3. The molecule has 0 radical (unpaired) electrons. The largest absolute Gasteiger partial charge is 0.396 e. The number of rotatable bonds is 5. The smallest absolute Gasteiger partial charge is 0.0872 e. The molecule has 1 aliphatic heterocycles. The van der Waals surface area contributed by atoms with Crippen molar-refractivity contribution in [2.75, 3.05) is 26.2 Å². The summed E-state index contributed by atoms with van der Waals surface area (Å²) in [5, 5.41) is 17.9. The second-order valence-electron chi connectivity index (χ2n) is 3.99. The molecule has 0 amide bonds. The Labute approximate surface area is 74.0 Å². The maximum atomic E-state index is 9.40. The minimum absolute atomic E-state index is 0.303. The Hall–Kier alpha value is -0.120. The Morgan fingerprint density at radius 1 is 1.25 bits per heavy atom. The van der Waals surface area contributed by atoms with E-state index in [4.69, 9.17) is 5.11 Å². The zero-order chi connectivity index (χ0) is 9.03. The summed E-state index contributed by atoms with van der Waals surface area (Å²) in [6, 6.07) is 0. The fourth-order valence-corrected chi connectivity index (χ4v) is 1.70. The third kappa shape index (κ3) is 3.09. The summed E-state index contributed by atoms with van der Waals surface area (Å²) in [4.78, 5) is 2.25. The third-order valence-electron chi connectivity index (χ3n) is 2.26. The van der Waals surface area contributed by atoms with Gasteiger partial charge in [0.15, 0.2) is 0 Å². The van der Waals surface area contributed by atoms with Gasteiger partial charge in [0.1, 0.15) is 0 Å². The normalized spacial score (nSPS) is 22.2. The number of likely N-dealkylation sites (tertiary alicyclic amines) is 1. The van der Waals surface area contributed by atoms with Gasteiger partial charge in [-0.2, -0.15) is 0 Å². The molecule has 0 aromatic heterocycles. The van der Waals surface area contributed by atoms with E-state index >= 15 is 0 Å². The van der Waals surface area contributed by atoms with Crippen LogP contribution in [0.1, 0.15) is 26.2 Å². The van der Waals surface area contributed by atoms with E-state index in [0.29, 0.717) is 6.61 Å². The van der Waals surface area contributed by atoms with Crippen molar-refractivity contribution < 1.29 is 10.2 Å². The molecule has 1 fully saturated rings. The van der Waals surface area contributed by atoms with Crippen molar-refractivity contribution in [3.63, 3.8) is 0 Å². The van der Waals surface area contributed by atoms with E-state index in [-0.39, 0.29) is 0 Å². The summed E-state index contributed by atoms with van der Waals surface area (Å²) in [5.74, 6) is 0. The highest BCUT2D eigenvalue weighted by molar-refractivity contribution is 4.90. The lowest BCUT2D eigenvalue weighted by molar-refractivity contribution is -0.0834. The molecule has 0 saturated carbocycles. The lowest BCUT2D eigenvalue weighted by Gasteiger charge is -2.44. The zero-order valence-electron chi connectivity index (χ0n) is 7.79. The van der Waals surface area contributed by atoms with Crippen LogP contribution in [-0.4, -0.2) is 47.0 Å². The Morgan fingerprint density at radius 3 is 2.42 bits per heavy atom. The van der Waals surface area contributed by atoms with E-state index in [9.17, 15) is 5.11 Å². The van der Waals surface area contributed by atoms with Gasteiger partial charge in [0, 0.05) is 19.7 Å². The van der Waals surface area contributed by atoms with E-state index in [0.717, 1.165) is 38.9 Å². The molecule has 0 aromatic rings. The lowest BCUT2D eigenvalue weighted by atomic mass is 9.97. The van der Waals surface area contributed by atoms with Crippen LogP contribution in [0.3, 0.4) is 0 Å². The monoisotopic (exact) mass is 173 g/mol. The highest BCUT2D eigenvalue weighted by Gasteiger charge is 2.35. The molecular formula is C9H19NO2. The van der Waals surface area contributed by atoms with Gasteiger partial charge in [0.05, 0.1) is 5.60 Å².